The van der Waals surface area contributed by atoms with Crippen molar-refractivity contribution in [2.45, 2.75) is 19.7 Å². The van der Waals surface area contributed by atoms with Crippen molar-refractivity contribution in [3.8, 4) is 0 Å². The molecule has 0 bridgehead atoms. The number of rotatable bonds is 2. The second-order valence-electron chi connectivity index (χ2n) is 4.23. The summed E-state index contributed by atoms with van der Waals surface area (Å²) in [5.74, 6) is -0.152. The standard InChI is InChI=1S/C14H11ClF3NO/c1-9-7-11(8-13(15)19-9)10-3-2-4-12(6-5-10)20-14(16,17)18/h2-3,5-8H,4H2,1H3. The molecule has 6 heteroatoms. The maximum Gasteiger partial charge on any atom is 0.572 e. The molecule has 0 saturated heterocycles. The molecule has 2 rings (SSSR count). The lowest BCUT2D eigenvalue weighted by molar-refractivity contribution is -0.305. The summed E-state index contributed by atoms with van der Waals surface area (Å²) in [5.41, 5.74) is 2.28. The van der Waals surface area contributed by atoms with E-state index in [0.717, 1.165) is 16.8 Å². The predicted molar refractivity (Wildman–Crippen MR) is 70.9 cm³/mol. The van der Waals surface area contributed by atoms with E-state index in [-0.39, 0.29) is 12.2 Å². The highest BCUT2D eigenvalue weighted by Gasteiger charge is 2.31. The minimum atomic E-state index is -4.67. The van der Waals surface area contributed by atoms with E-state index in [0.29, 0.717) is 5.15 Å². The highest BCUT2D eigenvalue weighted by Crippen LogP contribution is 2.27. The van der Waals surface area contributed by atoms with Gasteiger partial charge in [-0.15, -0.1) is 13.2 Å². The first-order chi connectivity index (χ1) is 9.33. The van der Waals surface area contributed by atoms with Crippen molar-refractivity contribution in [3.05, 3.63) is 58.6 Å². The third kappa shape index (κ3) is 4.13. The van der Waals surface area contributed by atoms with Crippen LogP contribution in [0.5, 0.6) is 0 Å². The van der Waals surface area contributed by atoms with E-state index in [2.05, 4.69) is 9.72 Å². The summed E-state index contributed by atoms with van der Waals surface area (Å²) in [5, 5.41) is 0.342. The Morgan fingerprint density at radius 3 is 2.65 bits per heavy atom. The van der Waals surface area contributed by atoms with Gasteiger partial charge >= 0.3 is 6.36 Å². The van der Waals surface area contributed by atoms with Crippen LogP contribution in [0.25, 0.3) is 5.57 Å². The van der Waals surface area contributed by atoms with Gasteiger partial charge in [-0.1, -0.05) is 29.8 Å². The molecule has 20 heavy (non-hydrogen) atoms. The molecule has 0 unspecified atom stereocenters. The Kier molecular flexibility index (Phi) is 4.18. The lowest BCUT2D eigenvalue weighted by atomic mass is 10.1. The Balaban J connectivity index is 2.29. The topological polar surface area (TPSA) is 22.1 Å². The van der Waals surface area contributed by atoms with Gasteiger partial charge in [-0.3, -0.25) is 0 Å². The Hall–Kier alpha value is -1.75. The van der Waals surface area contributed by atoms with Crippen molar-refractivity contribution in [2.24, 2.45) is 0 Å². The molecule has 0 spiro atoms. The van der Waals surface area contributed by atoms with Crippen molar-refractivity contribution >= 4 is 17.2 Å². The molecule has 0 aromatic carbocycles. The van der Waals surface area contributed by atoms with Gasteiger partial charge in [0.2, 0.25) is 0 Å². The Morgan fingerprint density at radius 1 is 1.25 bits per heavy atom. The third-order valence-corrected chi connectivity index (χ3v) is 2.76. The van der Waals surface area contributed by atoms with Crippen LogP contribution in [0.15, 0.2) is 42.2 Å². The van der Waals surface area contributed by atoms with Gasteiger partial charge < -0.3 is 4.74 Å². The van der Waals surface area contributed by atoms with Gasteiger partial charge in [0.1, 0.15) is 10.9 Å². The van der Waals surface area contributed by atoms with E-state index in [1.165, 1.54) is 6.08 Å². The van der Waals surface area contributed by atoms with E-state index >= 15 is 0 Å². The van der Waals surface area contributed by atoms with Gasteiger partial charge in [-0.25, -0.2) is 4.98 Å². The fourth-order valence-corrected chi connectivity index (χ4v) is 2.07. The smallest absolute Gasteiger partial charge is 0.410 e. The van der Waals surface area contributed by atoms with Crippen LogP contribution in [-0.2, 0) is 4.74 Å². The highest BCUT2D eigenvalue weighted by atomic mass is 35.5. The van der Waals surface area contributed by atoms with E-state index in [4.69, 9.17) is 11.6 Å². The van der Waals surface area contributed by atoms with Crippen LogP contribution in [0.2, 0.25) is 5.15 Å². The summed E-state index contributed by atoms with van der Waals surface area (Å²) in [7, 11) is 0. The van der Waals surface area contributed by atoms with Crippen LogP contribution in [0.1, 0.15) is 17.7 Å². The van der Waals surface area contributed by atoms with Crippen molar-refractivity contribution in [1.82, 2.24) is 4.98 Å². The summed E-state index contributed by atoms with van der Waals surface area (Å²) in [6, 6.07) is 3.47. The van der Waals surface area contributed by atoms with Gasteiger partial charge in [0.05, 0.1) is 0 Å². The van der Waals surface area contributed by atoms with Crippen LogP contribution in [0.3, 0.4) is 0 Å². The number of ether oxygens (including phenoxy) is 1. The molecule has 0 radical (unpaired) electrons. The summed E-state index contributed by atoms with van der Waals surface area (Å²) >= 11 is 5.87. The average molecular weight is 302 g/mol. The maximum absolute atomic E-state index is 12.2. The molecular formula is C14H11ClF3NO. The summed E-state index contributed by atoms with van der Waals surface area (Å²) in [6.45, 7) is 1.80. The number of hydrogen-bond donors (Lipinski definition) is 0. The monoisotopic (exact) mass is 301 g/mol. The van der Waals surface area contributed by atoms with Crippen molar-refractivity contribution in [2.75, 3.05) is 0 Å². The number of alkyl halides is 3. The SMILES string of the molecule is Cc1cc(C2=CC=C(OC(F)(F)F)CC=C2)cc(Cl)n1. The number of aryl methyl sites for hydroxylation is 1. The second kappa shape index (κ2) is 5.71. The molecule has 1 aliphatic carbocycles. The fraction of sp³-hybridized carbons (Fsp3) is 0.214. The van der Waals surface area contributed by atoms with Gasteiger partial charge in [-0.05, 0) is 36.3 Å². The number of allylic oxidation sites excluding steroid dienone is 5. The molecule has 1 aliphatic rings. The largest absolute Gasteiger partial charge is 0.572 e. The molecule has 0 N–H and O–H groups in total. The minimum absolute atomic E-state index is 0.0807. The number of aromatic nitrogens is 1. The lowest BCUT2D eigenvalue weighted by Gasteiger charge is -2.09. The Morgan fingerprint density at radius 2 is 2.00 bits per heavy atom. The molecule has 1 aromatic rings. The number of pyridine rings is 1. The van der Waals surface area contributed by atoms with Crippen molar-refractivity contribution in [1.29, 1.82) is 0 Å². The van der Waals surface area contributed by atoms with Crippen LogP contribution in [-0.4, -0.2) is 11.3 Å². The number of hydrogen-bond acceptors (Lipinski definition) is 2. The quantitative estimate of drug-likeness (QED) is 0.732. The molecule has 0 fully saturated rings. The van der Waals surface area contributed by atoms with Crippen LogP contribution in [0.4, 0.5) is 13.2 Å². The zero-order chi connectivity index (χ0) is 14.8. The van der Waals surface area contributed by atoms with Gasteiger partial charge in [0.25, 0.3) is 0 Å². The third-order valence-electron chi connectivity index (χ3n) is 2.57. The first-order valence-electron chi connectivity index (χ1n) is 5.81. The molecule has 2 nitrogen and oxygen atoms in total. The first-order valence-corrected chi connectivity index (χ1v) is 6.19. The number of halogens is 4. The van der Waals surface area contributed by atoms with Gasteiger partial charge in [0, 0.05) is 12.1 Å². The molecule has 1 aromatic heterocycles. The average Bonchev–Trinajstić information content (AvgIpc) is 2.51. The molecule has 0 atom stereocenters. The zero-order valence-corrected chi connectivity index (χ0v) is 11.3. The summed E-state index contributed by atoms with van der Waals surface area (Å²) < 4.78 is 40.4. The van der Waals surface area contributed by atoms with E-state index in [9.17, 15) is 13.2 Å². The Bertz CT molecular complexity index is 583. The number of nitrogens with zero attached hydrogens (tertiary/aromatic N) is 1. The molecule has 0 saturated carbocycles. The molecule has 0 amide bonds. The Labute approximate surface area is 119 Å². The van der Waals surface area contributed by atoms with Crippen molar-refractivity contribution in [3.63, 3.8) is 0 Å². The van der Waals surface area contributed by atoms with Crippen LogP contribution >= 0.6 is 11.6 Å². The minimum Gasteiger partial charge on any atom is -0.410 e. The van der Waals surface area contributed by atoms with Gasteiger partial charge in [0.15, 0.2) is 0 Å². The van der Waals surface area contributed by atoms with Gasteiger partial charge in [-0.2, -0.15) is 0 Å². The molecule has 1 heterocycles. The molecule has 106 valence electrons. The van der Waals surface area contributed by atoms with Crippen LogP contribution < -0.4 is 0 Å². The van der Waals surface area contributed by atoms with Crippen molar-refractivity contribution < 1.29 is 17.9 Å². The first kappa shape index (κ1) is 14.7. The zero-order valence-electron chi connectivity index (χ0n) is 10.5. The van der Waals surface area contributed by atoms with E-state index in [1.807, 2.05) is 6.07 Å². The lowest BCUT2D eigenvalue weighted by Crippen LogP contribution is -2.12. The summed E-state index contributed by atoms with van der Waals surface area (Å²) in [4.78, 5) is 4.04. The van der Waals surface area contributed by atoms with E-state index in [1.54, 1.807) is 31.2 Å². The fourth-order valence-electron chi connectivity index (χ4n) is 1.82. The second-order valence-corrected chi connectivity index (χ2v) is 4.62. The van der Waals surface area contributed by atoms with E-state index < -0.39 is 6.36 Å². The maximum atomic E-state index is 12.2. The summed E-state index contributed by atoms with van der Waals surface area (Å²) in [6.07, 6.45) is 1.63. The predicted octanol–water partition coefficient (Wildman–Crippen LogP) is 4.81. The highest BCUT2D eigenvalue weighted by molar-refractivity contribution is 6.29. The molecular weight excluding hydrogens is 291 g/mol. The normalized spacial score (nSPS) is 15.4. The molecule has 0 aliphatic heterocycles. The van der Waals surface area contributed by atoms with Crippen LogP contribution in [0, 0.1) is 6.92 Å².